The van der Waals surface area contributed by atoms with Crippen molar-refractivity contribution in [2.45, 2.75) is 32.6 Å². The molecule has 0 aromatic carbocycles. The van der Waals surface area contributed by atoms with Gasteiger partial charge in [0.2, 0.25) is 0 Å². The molecule has 0 heterocycles. The second kappa shape index (κ2) is 8.06. The van der Waals surface area contributed by atoms with Crippen molar-refractivity contribution in [1.82, 2.24) is 4.90 Å². The first-order valence-corrected chi connectivity index (χ1v) is 5.12. The van der Waals surface area contributed by atoms with Gasteiger partial charge in [0.15, 0.2) is 0 Å². The normalized spacial score (nSPS) is 14.1. The van der Waals surface area contributed by atoms with Crippen molar-refractivity contribution in [3.8, 4) is 0 Å². The van der Waals surface area contributed by atoms with Crippen LogP contribution in [0.1, 0.15) is 32.6 Å². The molecule has 0 N–H and O–H groups in total. The van der Waals surface area contributed by atoms with Crippen LogP contribution in [0, 0.1) is 0 Å². The lowest BCUT2D eigenvalue weighted by Gasteiger charge is -1.96. The van der Waals surface area contributed by atoms with Gasteiger partial charge in [0, 0.05) is 0 Å². The predicted octanol–water partition coefficient (Wildman–Crippen LogP) is 3.24. The summed E-state index contributed by atoms with van der Waals surface area (Å²) in [6, 6.07) is 0. The van der Waals surface area contributed by atoms with Gasteiger partial charge in [0.1, 0.15) is 0 Å². The van der Waals surface area contributed by atoms with E-state index in [0.29, 0.717) is 0 Å². The molecule has 13 heavy (non-hydrogen) atoms. The molecular formula is C12H23N. The number of allylic oxidation sites excluding steroid dienone is 4. The van der Waals surface area contributed by atoms with Crippen LogP contribution in [0.3, 0.4) is 0 Å². The molecule has 0 amide bonds. The Hall–Kier alpha value is -0.560. The fourth-order valence-corrected chi connectivity index (χ4v) is 1.08. The van der Waals surface area contributed by atoms with E-state index in [9.17, 15) is 0 Å². The molecule has 1 heteroatoms. The summed E-state index contributed by atoms with van der Waals surface area (Å²) in [4.78, 5) is 2.00. The van der Waals surface area contributed by atoms with Crippen LogP contribution in [0.2, 0.25) is 0 Å². The largest absolute Gasteiger partial charge is 0.312 e. The van der Waals surface area contributed by atoms with Gasteiger partial charge in [-0.3, -0.25) is 0 Å². The third-order valence-corrected chi connectivity index (χ3v) is 1.70. The maximum absolute atomic E-state index is 2.25. The second-order valence-electron chi connectivity index (χ2n) is 3.90. The maximum atomic E-state index is 2.25. The van der Waals surface area contributed by atoms with E-state index in [1.165, 1.54) is 25.7 Å². The Morgan fingerprint density at radius 1 is 1.31 bits per heavy atom. The number of rotatable bonds is 3. The van der Waals surface area contributed by atoms with Gasteiger partial charge in [-0.2, -0.15) is 0 Å². The SMILES string of the molecule is CCCCC1=CC=CC1.CN(C)C. The molecular weight excluding hydrogens is 158 g/mol. The van der Waals surface area contributed by atoms with Crippen molar-refractivity contribution in [2.75, 3.05) is 21.1 Å². The van der Waals surface area contributed by atoms with E-state index in [4.69, 9.17) is 0 Å². The first-order valence-electron chi connectivity index (χ1n) is 5.12. The molecule has 0 saturated heterocycles. The second-order valence-corrected chi connectivity index (χ2v) is 3.90. The van der Waals surface area contributed by atoms with Crippen molar-refractivity contribution in [2.24, 2.45) is 0 Å². The first-order chi connectivity index (χ1) is 6.16. The van der Waals surface area contributed by atoms with Crippen LogP contribution in [0.5, 0.6) is 0 Å². The average Bonchev–Trinajstić information content (AvgIpc) is 2.51. The van der Waals surface area contributed by atoms with Crippen molar-refractivity contribution in [1.29, 1.82) is 0 Å². The van der Waals surface area contributed by atoms with Crippen LogP contribution >= 0.6 is 0 Å². The lowest BCUT2D eigenvalue weighted by atomic mass is 10.1. The first kappa shape index (κ1) is 12.4. The molecule has 0 fully saturated rings. The van der Waals surface area contributed by atoms with Gasteiger partial charge >= 0.3 is 0 Å². The average molecular weight is 181 g/mol. The van der Waals surface area contributed by atoms with E-state index in [0.717, 1.165) is 0 Å². The highest BCUT2D eigenvalue weighted by atomic mass is 15.0. The summed E-state index contributed by atoms with van der Waals surface area (Å²) < 4.78 is 0. The Bertz CT molecular complexity index is 163. The summed E-state index contributed by atoms with van der Waals surface area (Å²) in [6.45, 7) is 2.24. The number of nitrogens with zero attached hydrogens (tertiary/aromatic N) is 1. The summed E-state index contributed by atoms with van der Waals surface area (Å²) in [5.41, 5.74) is 1.61. The quantitative estimate of drug-likeness (QED) is 0.646. The van der Waals surface area contributed by atoms with Gasteiger partial charge in [-0.1, -0.05) is 37.1 Å². The summed E-state index contributed by atoms with van der Waals surface area (Å²) in [7, 11) is 6.00. The Kier molecular flexibility index (Phi) is 7.71. The fraction of sp³-hybridized carbons (Fsp3) is 0.667. The minimum atomic E-state index is 1.21. The Balaban J connectivity index is 0.000000310. The molecule has 0 aromatic heterocycles. The fourth-order valence-electron chi connectivity index (χ4n) is 1.08. The van der Waals surface area contributed by atoms with Crippen LogP contribution in [0.15, 0.2) is 23.8 Å². The molecule has 0 aromatic rings. The standard InChI is InChI=1S/C9H14.C3H9N/c1-2-3-6-9-7-4-5-8-9;1-4(2)3/h4-5,7H,2-3,6,8H2,1H3;1-3H3. The van der Waals surface area contributed by atoms with Gasteiger partial charge in [-0.15, -0.1) is 0 Å². The zero-order valence-corrected chi connectivity index (χ0v) is 9.51. The summed E-state index contributed by atoms with van der Waals surface area (Å²) in [6.07, 6.45) is 11.8. The monoisotopic (exact) mass is 181 g/mol. The van der Waals surface area contributed by atoms with E-state index < -0.39 is 0 Å². The number of unbranched alkanes of at least 4 members (excludes halogenated alkanes) is 1. The van der Waals surface area contributed by atoms with Gasteiger partial charge < -0.3 is 4.90 Å². The smallest absolute Gasteiger partial charge is 0.0133 e. The van der Waals surface area contributed by atoms with Gasteiger partial charge in [0.25, 0.3) is 0 Å². The highest BCUT2D eigenvalue weighted by Gasteiger charge is 1.96. The third-order valence-electron chi connectivity index (χ3n) is 1.70. The molecule has 1 nitrogen and oxygen atoms in total. The lowest BCUT2D eigenvalue weighted by molar-refractivity contribution is 0.505. The Morgan fingerprint density at radius 2 is 1.92 bits per heavy atom. The van der Waals surface area contributed by atoms with Crippen LogP contribution < -0.4 is 0 Å². The topological polar surface area (TPSA) is 3.24 Å². The maximum Gasteiger partial charge on any atom is -0.0133 e. The molecule has 0 aliphatic heterocycles. The molecule has 1 rings (SSSR count). The third kappa shape index (κ3) is 9.35. The van der Waals surface area contributed by atoms with Gasteiger partial charge in [-0.25, -0.2) is 0 Å². The Morgan fingerprint density at radius 3 is 2.31 bits per heavy atom. The van der Waals surface area contributed by atoms with Crippen molar-refractivity contribution < 1.29 is 0 Å². The van der Waals surface area contributed by atoms with Crippen LogP contribution in [0.4, 0.5) is 0 Å². The van der Waals surface area contributed by atoms with Gasteiger partial charge in [0.05, 0.1) is 0 Å². The zero-order chi connectivity index (χ0) is 10.1. The van der Waals surface area contributed by atoms with Crippen LogP contribution in [-0.4, -0.2) is 26.0 Å². The molecule has 0 unspecified atom stereocenters. The molecule has 0 spiro atoms. The zero-order valence-electron chi connectivity index (χ0n) is 9.51. The molecule has 0 radical (unpaired) electrons. The van der Waals surface area contributed by atoms with Crippen molar-refractivity contribution >= 4 is 0 Å². The number of hydrogen-bond donors (Lipinski definition) is 0. The highest BCUT2D eigenvalue weighted by molar-refractivity contribution is 5.22. The lowest BCUT2D eigenvalue weighted by Crippen LogP contribution is -1.99. The van der Waals surface area contributed by atoms with E-state index >= 15 is 0 Å². The predicted molar refractivity (Wildman–Crippen MR) is 61.0 cm³/mol. The summed E-state index contributed by atoms with van der Waals surface area (Å²) >= 11 is 0. The van der Waals surface area contributed by atoms with Gasteiger partial charge in [-0.05, 0) is 40.4 Å². The van der Waals surface area contributed by atoms with Crippen LogP contribution in [0.25, 0.3) is 0 Å². The molecule has 0 atom stereocenters. The summed E-state index contributed by atoms with van der Waals surface area (Å²) in [5, 5.41) is 0. The number of hydrogen-bond acceptors (Lipinski definition) is 1. The van der Waals surface area contributed by atoms with E-state index in [1.807, 2.05) is 26.0 Å². The van der Waals surface area contributed by atoms with Crippen LogP contribution in [-0.2, 0) is 0 Å². The molecule has 0 saturated carbocycles. The van der Waals surface area contributed by atoms with Crippen molar-refractivity contribution in [3.05, 3.63) is 23.8 Å². The summed E-state index contributed by atoms with van der Waals surface area (Å²) in [5.74, 6) is 0. The molecule has 76 valence electrons. The highest BCUT2D eigenvalue weighted by Crippen LogP contribution is 2.16. The molecule has 1 aliphatic carbocycles. The van der Waals surface area contributed by atoms with Crippen molar-refractivity contribution in [3.63, 3.8) is 0 Å². The Labute approximate surface area is 83.1 Å². The van der Waals surface area contributed by atoms with E-state index in [1.54, 1.807) is 5.57 Å². The van der Waals surface area contributed by atoms with E-state index in [2.05, 4.69) is 25.2 Å². The molecule has 0 bridgehead atoms. The minimum absolute atomic E-state index is 1.21. The van der Waals surface area contributed by atoms with E-state index in [-0.39, 0.29) is 0 Å². The molecule has 1 aliphatic rings. The minimum Gasteiger partial charge on any atom is -0.312 e.